The molecule has 0 aromatic carbocycles. The van der Waals surface area contributed by atoms with Gasteiger partial charge < -0.3 is 15.3 Å². The number of nitrogens with zero attached hydrogens (tertiary/aromatic N) is 1. The van der Waals surface area contributed by atoms with Crippen molar-refractivity contribution in [2.75, 3.05) is 11.6 Å². The Kier molecular flexibility index (Phi) is 5.65. The van der Waals surface area contributed by atoms with E-state index in [1.807, 2.05) is 0 Å². The molecule has 1 aliphatic rings. The van der Waals surface area contributed by atoms with Crippen LogP contribution >= 0.6 is 11.8 Å². The quantitative estimate of drug-likeness (QED) is 0.770. The molecule has 0 bridgehead atoms. The fraction of sp³-hybridized carbons (Fsp3) is 0.750. The van der Waals surface area contributed by atoms with Gasteiger partial charge in [-0.1, -0.05) is 6.92 Å². The number of carbonyl (C=O) groups is 3. The first-order valence-corrected chi connectivity index (χ1v) is 7.44. The van der Waals surface area contributed by atoms with Crippen molar-refractivity contribution < 1.29 is 19.5 Å². The zero-order valence-electron chi connectivity index (χ0n) is 11.4. The lowest BCUT2D eigenvalue weighted by atomic mass is 10.0. The van der Waals surface area contributed by atoms with Crippen LogP contribution in [0.25, 0.3) is 0 Å². The van der Waals surface area contributed by atoms with Gasteiger partial charge in [-0.3, -0.25) is 14.4 Å². The first-order chi connectivity index (χ1) is 8.88. The van der Waals surface area contributed by atoms with E-state index in [1.54, 1.807) is 25.7 Å². The SMILES string of the molecule is CCC(=O)N1CSCC1C(=O)NC(C)C(C)C(=O)O. The van der Waals surface area contributed by atoms with Gasteiger partial charge in [0.2, 0.25) is 11.8 Å². The molecule has 6 nitrogen and oxygen atoms in total. The van der Waals surface area contributed by atoms with Gasteiger partial charge in [0.15, 0.2) is 0 Å². The van der Waals surface area contributed by atoms with E-state index in [2.05, 4.69) is 5.32 Å². The second-order valence-corrected chi connectivity index (χ2v) is 5.66. The van der Waals surface area contributed by atoms with Crippen LogP contribution in [-0.2, 0) is 14.4 Å². The van der Waals surface area contributed by atoms with Crippen LogP contribution in [0.2, 0.25) is 0 Å². The van der Waals surface area contributed by atoms with Crippen molar-refractivity contribution in [3.63, 3.8) is 0 Å². The molecule has 108 valence electrons. The molecular weight excluding hydrogens is 268 g/mol. The van der Waals surface area contributed by atoms with Crippen LogP contribution < -0.4 is 5.32 Å². The number of aliphatic carboxylic acids is 1. The number of carboxylic acids is 1. The molecule has 1 saturated heterocycles. The van der Waals surface area contributed by atoms with Gasteiger partial charge in [-0.15, -0.1) is 11.8 Å². The predicted molar refractivity (Wildman–Crippen MR) is 72.7 cm³/mol. The highest BCUT2D eigenvalue weighted by Crippen LogP contribution is 2.22. The Balaban J connectivity index is 2.62. The Bertz CT molecular complexity index is 375. The summed E-state index contributed by atoms with van der Waals surface area (Å²) >= 11 is 1.53. The van der Waals surface area contributed by atoms with E-state index < -0.39 is 24.0 Å². The van der Waals surface area contributed by atoms with Crippen molar-refractivity contribution in [3.8, 4) is 0 Å². The molecule has 0 saturated carbocycles. The number of carbonyl (C=O) groups excluding carboxylic acids is 2. The van der Waals surface area contributed by atoms with Crippen molar-refractivity contribution in [2.45, 2.75) is 39.3 Å². The maximum Gasteiger partial charge on any atom is 0.308 e. The molecule has 2 N–H and O–H groups in total. The molecule has 3 unspecified atom stereocenters. The molecular formula is C12H20N2O4S. The molecule has 1 fully saturated rings. The first kappa shape index (κ1) is 15.8. The number of hydrogen-bond donors (Lipinski definition) is 2. The number of hydrogen-bond acceptors (Lipinski definition) is 4. The summed E-state index contributed by atoms with van der Waals surface area (Å²) in [4.78, 5) is 36.2. The average molecular weight is 288 g/mol. The molecule has 0 aromatic heterocycles. The van der Waals surface area contributed by atoms with Crippen LogP contribution in [0.1, 0.15) is 27.2 Å². The summed E-state index contributed by atoms with van der Waals surface area (Å²) < 4.78 is 0. The minimum atomic E-state index is -0.949. The monoisotopic (exact) mass is 288 g/mol. The third-order valence-corrected chi connectivity index (χ3v) is 4.33. The number of nitrogens with one attached hydrogen (secondary N) is 1. The smallest absolute Gasteiger partial charge is 0.308 e. The lowest BCUT2D eigenvalue weighted by Gasteiger charge is -2.25. The molecule has 0 spiro atoms. The summed E-state index contributed by atoms with van der Waals surface area (Å²) in [6.07, 6.45) is 0.366. The van der Waals surface area contributed by atoms with Crippen molar-refractivity contribution in [1.29, 1.82) is 0 Å². The molecule has 3 atom stereocenters. The summed E-state index contributed by atoms with van der Waals surface area (Å²) in [6.45, 7) is 4.96. The first-order valence-electron chi connectivity index (χ1n) is 6.28. The summed E-state index contributed by atoms with van der Waals surface area (Å²) in [7, 11) is 0. The Morgan fingerprint density at radius 2 is 2.05 bits per heavy atom. The Morgan fingerprint density at radius 1 is 1.42 bits per heavy atom. The van der Waals surface area contributed by atoms with E-state index in [4.69, 9.17) is 5.11 Å². The fourth-order valence-corrected chi connectivity index (χ4v) is 2.95. The van der Waals surface area contributed by atoms with E-state index in [1.165, 1.54) is 11.8 Å². The maximum absolute atomic E-state index is 12.1. The summed E-state index contributed by atoms with van der Waals surface area (Å²) in [5.74, 6) is -0.848. The molecule has 0 aromatic rings. The van der Waals surface area contributed by atoms with Crippen molar-refractivity contribution in [2.24, 2.45) is 5.92 Å². The van der Waals surface area contributed by atoms with Crippen LogP contribution in [-0.4, -0.2) is 51.5 Å². The lowest BCUT2D eigenvalue weighted by Crippen LogP contribution is -2.51. The zero-order valence-corrected chi connectivity index (χ0v) is 12.2. The minimum absolute atomic E-state index is 0.0518. The number of carboxylic acid groups (broad SMARTS) is 1. The van der Waals surface area contributed by atoms with Gasteiger partial charge in [-0.05, 0) is 13.8 Å². The predicted octanol–water partition coefficient (Wildman–Crippen LogP) is 0.523. The Hall–Kier alpha value is -1.24. The molecule has 1 heterocycles. The minimum Gasteiger partial charge on any atom is -0.481 e. The number of amides is 2. The highest BCUT2D eigenvalue weighted by atomic mass is 32.2. The molecule has 2 amide bonds. The molecule has 7 heteroatoms. The van der Waals surface area contributed by atoms with Crippen molar-refractivity contribution in [1.82, 2.24) is 10.2 Å². The van der Waals surface area contributed by atoms with Crippen LogP contribution in [0, 0.1) is 5.92 Å². The van der Waals surface area contributed by atoms with Crippen LogP contribution in [0.4, 0.5) is 0 Å². The lowest BCUT2D eigenvalue weighted by molar-refractivity contribution is -0.143. The van der Waals surface area contributed by atoms with E-state index in [9.17, 15) is 14.4 Å². The number of thioether (sulfide) groups is 1. The molecule has 0 radical (unpaired) electrons. The highest BCUT2D eigenvalue weighted by Gasteiger charge is 2.35. The van der Waals surface area contributed by atoms with Gasteiger partial charge in [0.05, 0.1) is 11.8 Å². The second kappa shape index (κ2) is 6.79. The number of rotatable bonds is 5. The second-order valence-electron chi connectivity index (χ2n) is 4.66. The van der Waals surface area contributed by atoms with Crippen molar-refractivity contribution >= 4 is 29.5 Å². The van der Waals surface area contributed by atoms with Gasteiger partial charge >= 0.3 is 5.97 Å². The molecule has 19 heavy (non-hydrogen) atoms. The normalized spacial score (nSPS) is 21.8. The summed E-state index contributed by atoms with van der Waals surface area (Å²) in [5.41, 5.74) is 0. The highest BCUT2D eigenvalue weighted by molar-refractivity contribution is 7.99. The van der Waals surface area contributed by atoms with E-state index in [0.29, 0.717) is 18.1 Å². The van der Waals surface area contributed by atoms with E-state index in [-0.39, 0.29) is 11.8 Å². The van der Waals surface area contributed by atoms with E-state index >= 15 is 0 Å². The van der Waals surface area contributed by atoms with Gasteiger partial charge in [0.25, 0.3) is 0 Å². The molecule has 1 aliphatic heterocycles. The summed E-state index contributed by atoms with van der Waals surface area (Å²) in [5, 5.41) is 11.6. The molecule has 0 aliphatic carbocycles. The van der Waals surface area contributed by atoms with E-state index in [0.717, 1.165) is 0 Å². The van der Waals surface area contributed by atoms with Crippen LogP contribution in [0.5, 0.6) is 0 Å². The topological polar surface area (TPSA) is 86.7 Å². The average Bonchev–Trinajstić information content (AvgIpc) is 2.85. The Morgan fingerprint density at radius 3 is 2.58 bits per heavy atom. The van der Waals surface area contributed by atoms with Gasteiger partial charge in [-0.25, -0.2) is 0 Å². The van der Waals surface area contributed by atoms with Gasteiger partial charge in [0.1, 0.15) is 6.04 Å². The zero-order chi connectivity index (χ0) is 14.6. The van der Waals surface area contributed by atoms with Crippen molar-refractivity contribution in [3.05, 3.63) is 0 Å². The Labute approximate surface area is 116 Å². The van der Waals surface area contributed by atoms with Gasteiger partial charge in [-0.2, -0.15) is 0 Å². The largest absolute Gasteiger partial charge is 0.481 e. The molecule has 1 rings (SSSR count). The third-order valence-electron chi connectivity index (χ3n) is 3.32. The third kappa shape index (κ3) is 3.86. The van der Waals surface area contributed by atoms with Crippen LogP contribution in [0.15, 0.2) is 0 Å². The summed E-state index contributed by atoms with van der Waals surface area (Å²) in [6, 6.07) is -0.949. The van der Waals surface area contributed by atoms with Gasteiger partial charge in [0, 0.05) is 18.2 Å². The fourth-order valence-electron chi connectivity index (χ4n) is 1.77. The van der Waals surface area contributed by atoms with Crippen LogP contribution in [0.3, 0.4) is 0 Å². The maximum atomic E-state index is 12.1. The standard InChI is InChI=1S/C12H20N2O4S/c1-4-10(15)14-6-19-5-9(14)11(16)13-8(3)7(2)12(17)18/h7-9H,4-6H2,1-3H3,(H,13,16)(H,17,18).